The van der Waals surface area contributed by atoms with E-state index in [0.717, 1.165) is 0 Å². The number of nitrogens with zero attached hydrogens (tertiary/aromatic N) is 2. The van der Waals surface area contributed by atoms with Crippen molar-refractivity contribution in [1.29, 1.82) is 0 Å². The second-order valence-electron chi connectivity index (χ2n) is 2.01. The summed E-state index contributed by atoms with van der Waals surface area (Å²) in [6.07, 6.45) is 4.40. The van der Waals surface area contributed by atoms with E-state index in [9.17, 15) is 4.79 Å². The molecule has 0 saturated heterocycles. The molecule has 0 radical (unpaired) electrons. The van der Waals surface area contributed by atoms with Gasteiger partial charge in [0.25, 0.3) is 0 Å². The quantitative estimate of drug-likeness (QED) is 0.476. The highest BCUT2D eigenvalue weighted by Crippen LogP contribution is 1.94. The van der Waals surface area contributed by atoms with Crippen molar-refractivity contribution < 1.29 is 9.53 Å². The Kier molecular flexibility index (Phi) is 2.95. The van der Waals surface area contributed by atoms with Crippen molar-refractivity contribution in [2.45, 2.75) is 0 Å². The zero-order chi connectivity index (χ0) is 8.81. The van der Waals surface area contributed by atoms with E-state index in [1.165, 1.54) is 13.2 Å². The maximum atomic E-state index is 10.6. The average Bonchev–Trinajstić information content (AvgIpc) is 2.16. The Labute approximate surface area is 69.9 Å². The minimum atomic E-state index is -0.402. The number of hydrogen-bond acceptors (Lipinski definition) is 4. The molecule has 62 valence electrons. The van der Waals surface area contributed by atoms with Crippen molar-refractivity contribution in [2.75, 3.05) is 7.11 Å². The molecule has 0 atom stereocenters. The fourth-order valence-electron chi connectivity index (χ4n) is 0.624. The Morgan fingerprint density at radius 3 is 3.08 bits per heavy atom. The molecule has 0 spiro atoms. The molecule has 1 aromatic rings. The summed E-state index contributed by atoms with van der Waals surface area (Å²) in [5.74, 6) is -0.402. The van der Waals surface area contributed by atoms with E-state index >= 15 is 0 Å². The minimum absolute atomic E-state index is 0.402. The Balaban J connectivity index is 2.64. The van der Waals surface area contributed by atoms with Crippen molar-refractivity contribution in [2.24, 2.45) is 0 Å². The topological polar surface area (TPSA) is 52.1 Å². The molecule has 4 nitrogen and oxygen atoms in total. The van der Waals surface area contributed by atoms with E-state index in [4.69, 9.17) is 0 Å². The molecular weight excluding hydrogens is 156 g/mol. The zero-order valence-corrected chi connectivity index (χ0v) is 6.60. The molecule has 0 bridgehead atoms. The number of methoxy groups -OCH3 is 1. The van der Waals surface area contributed by atoms with Gasteiger partial charge in [-0.1, -0.05) is 0 Å². The molecular formula is C8H8N2O2. The summed E-state index contributed by atoms with van der Waals surface area (Å²) in [7, 11) is 1.32. The smallest absolute Gasteiger partial charge is 0.330 e. The molecule has 0 aliphatic carbocycles. The lowest BCUT2D eigenvalue weighted by molar-refractivity contribution is -0.134. The summed E-state index contributed by atoms with van der Waals surface area (Å²) in [5, 5.41) is 7.38. The van der Waals surface area contributed by atoms with E-state index in [1.54, 1.807) is 24.4 Å². The molecule has 0 aliphatic heterocycles. The third-order valence-electron chi connectivity index (χ3n) is 1.18. The predicted molar refractivity (Wildman–Crippen MR) is 43.1 cm³/mol. The summed E-state index contributed by atoms with van der Waals surface area (Å²) < 4.78 is 4.40. The van der Waals surface area contributed by atoms with Crippen LogP contribution in [0.25, 0.3) is 6.08 Å². The fourth-order valence-corrected chi connectivity index (χ4v) is 0.624. The summed E-state index contributed by atoms with van der Waals surface area (Å²) >= 11 is 0. The summed E-state index contributed by atoms with van der Waals surface area (Å²) in [4.78, 5) is 10.6. The number of carbonyl (C=O) groups excluding carboxylic acids is 1. The molecule has 0 unspecified atom stereocenters. The predicted octanol–water partition coefficient (Wildman–Crippen LogP) is 0.663. The van der Waals surface area contributed by atoms with Gasteiger partial charge in [0.1, 0.15) is 0 Å². The maximum Gasteiger partial charge on any atom is 0.330 e. The lowest BCUT2D eigenvalue weighted by Gasteiger charge is -1.89. The van der Waals surface area contributed by atoms with E-state index in [-0.39, 0.29) is 0 Å². The van der Waals surface area contributed by atoms with Crippen LogP contribution in [0.2, 0.25) is 0 Å². The largest absolute Gasteiger partial charge is 0.466 e. The number of ether oxygens (including phenoxy) is 1. The molecule has 0 aromatic carbocycles. The molecule has 12 heavy (non-hydrogen) atoms. The van der Waals surface area contributed by atoms with E-state index in [0.29, 0.717) is 5.69 Å². The SMILES string of the molecule is COC(=O)C=Cc1cccnn1. The van der Waals surface area contributed by atoms with Crippen LogP contribution in [-0.4, -0.2) is 23.3 Å². The molecule has 0 N–H and O–H groups in total. The highest BCUT2D eigenvalue weighted by molar-refractivity contribution is 5.86. The van der Waals surface area contributed by atoms with Crippen LogP contribution in [0.5, 0.6) is 0 Å². The normalized spacial score (nSPS) is 10.1. The number of esters is 1. The Bertz CT molecular complexity index is 282. The van der Waals surface area contributed by atoms with Gasteiger partial charge in [-0.3, -0.25) is 0 Å². The van der Waals surface area contributed by atoms with Gasteiger partial charge in [-0.25, -0.2) is 4.79 Å². The first-order chi connectivity index (χ1) is 5.83. The van der Waals surface area contributed by atoms with Crippen LogP contribution < -0.4 is 0 Å². The number of aromatic nitrogens is 2. The van der Waals surface area contributed by atoms with Crippen LogP contribution in [0.4, 0.5) is 0 Å². The van der Waals surface area contributed by atoms with E-state index < -0.39 is 5.97 Å². The molecule has 4 heteroatoms. The van der Waals surface area contributed by atoms with Crippen LogP contribution in [0.15, 0.2) is 24.4 Å². The monoisotopic (exact) mass is 164 g/mol. The third kappa shape index (κ3) is 2.49. The van der Waals surface area contributed by atoms with Crippen molar-refractivity contribution in [3.8, 4) is 0 Å². The first-order valence-electron chi connectivity index (χ1n) is 3.36. The summed E-state index contributed by atoms with van der Waals surface area (Å²) in [5.41, 5.74) is 0.628. The highest BCUT2D eigenvalue weighted by Gasteiger charge is 1.91. The average molecular weight is 164 g/mol. The van der Waals surface area contributed by atoms with Gasteiger partial charge in [-0.05, 0) is 18.2 Å². The summed E-state index contributed by atoms with van der Waals surface area (Å²) in [6, 6.07) is 3.48. The second-order valence-corrected chi connectivity index (χ2v) is 2.01. The van der Waals surface area contributed by atoms with E-state index in [1.807, 2.05) is 0 Å². The Hall–Kier alpha value is -1.71. The fraction of sp³-hybridized carbons (Fsp3) is 0.125. The summed E-state index contributed by atoms with van der Waals surface area (Å²) in [6.45, 7) is 0. The van der Waals surface area contributed by atoms with Gasteiger partial charge in [-0.2, -0.15) is 10.2 Å². The van der Waals surface area contributed by atoms with Gasteiger partial charge in [-0.15, -0.1) is 0 Å². The number of hydrogen-bond donors (Lipinski definition) is 0. The van der Waals surface area contributed by atoms with Gasteiger partial charge in [0.2, 0.25) is 0 Å². The molecule has 0 amide bonds. The molecule has 0 fully saturated rings. The first kappa shape index (κ1) is 8.39. The molecule has 0 saturated carbocycles. The van der Waals surface area contributed by atoms with Gasteiger partial charge in [0, 0.05) is 12.3 Å². The van der Waals surface area contributed by atoms with E-state index in [2.05, 4.69) is 14.9 Å². The van der Waals surface area contributed by atoms with Gasteiger partial charge >= 0.3 is 5.97 Å². The van der Waals surface area contributed by atoms with Gasteiger partial charge < -0.3 is 4.74 Å². The van der Waals surface area contributed by atoms with Gasteiger partial charge in [0.15, 0.2) is 0 Å². The van der Waals surface area contributed by atoms with Crippen molar-refractivity contribution in [3.63, 3.8) is 0 Å². The van der Waals surface area contributed by atoms with Crippen LogP contribution in [0, 0.1) is 0 Å². The highest BCUT2D eigenvalue weighted by atomic mass is 16.5. The van der Waals surface area contributed by atoms with Crippen LogP contribution in [0.1, 0.15) is 5.69 Å². The lowest BCUT2D eigenvalue weighted by atomic mass is 10.3. The molecule has 1 aromatic heterocycles. The Morgan fingerprint density at radius 1 is 1.67 bits per heavy atom. The number of rotatable bonds is 2. The lowest BCUT2D eigenvalue weighted by Crippen LogP contribution is -1.93. The Morgan fingerprint density at radius 2 is 2.50 bits per heavy atom. The van der Waals surface area contributed by atoms with Gasteiger partial charge in [0.05, 0.1) is 12.8 Å². The first-order valence-corrected chi connectivity index (χ1v) is 3.36. The molecule has 0 aliphatic rings. The van der Waals surface area contributed by atoms with Crippen molar-refractivity contribution >= 4 is 12.0 Å². The standard InChI is InChI=1S/C8H8N2O2/c1-12-8(11)5-4-7-3-2-6-9-10-7/h2-6H,1H3. The molecule has 1 rings (SSSR count). The third-order valence-corrected chi connectivity index (χ3v) is 1.18. The van der Waals surface area contributed by atoms with Crippen LogP contribution in [-0.2, 0) is 9.53 Å². The van der Waals surface area contributed by atoms with Crippen molar-refractivity contribution in [1.82, 2.24) is 10.2 Å². The second kappa shape index (κ2) is 4.23. The van der Waals surface area contributed by atoms with Crippen molar-refractivity contribution in [3.05, 3.63) is 30.1 Å². The minimum Gasteiger partial charge on any atom is -0.466 e. The van der Waals surface area contributed by atoms with Crippen LogP contribution in [0.3, 0.4) is 0 Å². The zero-order valence-electron chi connectivity index (χ0n) is 6.60. The number of carbonyl (C=O) groups is 1. The van der Waals surface area contributed by atoms with Crippen LogP contribution >= 0.6 is 0 Å². The maximum absolute atomic E-state index is 10.6. The molecule has 1 heterocycles.